The highest BCUT2D eigenvalue weighted by Crippen LogP contribution is 2.30. The summed E-state index contributed by atoms with van der Waals surface area (Å²) in [6.07, 6.45) is 2.41. The molecule has 2 aromatic carbocycles. The predicted octanol–water partition coefficient (Wildman–Crippen LogP) is 5.16. The topological polar surface area (TPSA) is 91.6 Å². The standard InChI is InChI=1S/C32H41N3O4/c1-21(2)18-28(35-16-9-14-24(32(35)39)15-17-34(5)6)31(38)33-27(20-29(36)37)25-12-8-13-26(19-25)30-22(3)10-7-11-23(30)4/h7-14,16,19,21,27-28H,15,17-18,20H2,1-6H3,(H,33,38)(H,36,37)/t27-,28-/m0/s1. The molecule has 2 N–H and O–H groups in total. The SMILES string of the molecule is Cc1cccc(C)c1-c1cccc([C@H](CC(=O)O)NC(=O)[C@H](CC(C)C)n2cccc(CCN(C)C)c2=O)c1. The highest BCUT2D eigenvalue weighted by molar-refractivity contribution is 5.82. The molecule has 3 aromatic rings. The van der Waals surface area contributed by atoms with E-state index < -0.39 is 18.1 Å². The maximum atomic E-state index is 13.8. The summed E-state index contributed by atoms with van der Waals surface area (Å²) in [5.41, 5.74) is 5.48. The number of aryl methyl sites for hydroxylation is 2. The molecule has 39 heavy (non-hydrogen) atoms. The van der Waals surface area contributed by atoms with E-state index in [2.05, 4.69) is 5.32 Å². The average Bonchev–Trinajstić information content (AvgIpc) is 2.86. The lowest BCUT2D eigenvalue weighted by molar-refractivity contribution is -0.138. The first-order valence-electron chi connectivity index (χ1n) is 13.5. The van der Waals surface area contributed by atoms with Crippen molar-refractivity contribution in [3.8, 4) is 11.1 Å². The molecule has 2 atom stereocenters. The Kier molecular flexibility index (Phi) is 10.2. The number of rotatable bonds is 12. The van der Waals surface area contributed by atoms with Gasteiger partial charge in [-0.05, 0) is 86.7 Å². The molecule has 1 aromatic heterocycles. The zero-order valence-corrected chi connectivity index (χ0v) is 23.9. The molecule has 7 heteroatoms. The van der Waals surface area contributed by atoms with Crippen molar-refractivity contribution in [1.82, 2.24) is 14.8 Å². The lowest BCUT2D eigenvalue weighted by Crippen LogP contribution is -2.40. The first kappa shape index (κ1) is 29.8. The molecule has 0 saturated carbocycles. The summed E-state index contributed by atoms with van der Waals surface area (Å²) in [6.45, 7) is 8.82. The number of amides is 1. The molecule has 0 radical (unpaired) electrons. The zero-order valence-electron chi connectivity index (χ0n) is 23.9. The molecule has 0 bridgehead atoms. The van der Waals surface area contributed by atoms with Gasteiger partial charge in [0.1, 0.15) is 6.04 Å². The summed E-state index contributed by atoms with van der Waals surface area (Å²) < 4.78 is 1.51. The molecule has 0 spiro atoms. The number of carbonyl (C=O) groups is 2. The molecule has 208 valence electrons. The monoisotopic (exact) mass is 531 g/mol. The van der Waals surface area contributed by atoms with Gasteiger partial charge in [-0.1, -0.05) is 56.3 Å². The fourth-order valence-corrected chi connectivity index (χ4v) is 5.01. The average molecular weight is 532 g/mol. The Balaban J connectivity index is 1.98. The van der Waals surface area contributed by atoms with E-state index in [4.69, 9.17) is 0 Å². The third-order valence-electron chi connectivity index (χ3n) is 6.97. The van der Waals surface area contributed by atoms with Crippen LogP contribution in [-0.4, -0.2) is 47.1 Å². The number of carbonyl (C=O) groups excluding carboxylic acids is 1. The minimum absolute atomic E-state index is 0.142. The maximum Gasteiger partial charge on any atom is 0.305 e. The van der Waals surface area contributed by atoms with Crippen LogP contribution in [-0.2, 0) is 16.0 Å². The van der Waals surface area contributed by atoms with Crippen molar-refractivity contribution in [2.75, 3.05) is 20.6 Å². The van der Waals surface area contributed by atoms with Crippen molar-refractivity contribution >= 4 is 11.9 Å². The number of benzene rings is 2. The minimum atomic E-state index is -1.01. The summed E-state index contributed by atoms with van der Waals surface area (Å²) in [5, 5.41) is 12.7. The van der Waals surface area contributed by atoms with E-state index in [1.165, 1.54) is 4.57 Å². The number of carboxylic acid groups (broad SMARTS) is 1. The highest BCUT2D eigenvalue weighted by Gasteiger charge is 2.27. The lowest BCUT2D eigenvalue weighted by atomic mass is 9.92. The van der Waals surface area contributed by atoms with Crippen LogP contribution in [0.3, 0.4) is 0 Å². The molecule has 0 unspecified atom stereocenters. The normalized spacial score (nSPS) is 12.9. The van der Waals surface area contributed by atoms with Crippen LogP contribution in [0, 0.1) is 19.8 Å². The number of carboxylic acids is 1. The zero-order chi connectivity index (χ0) is 28.7. The van der Waals surface area contributed by atoms with Crippen LogP contribution in [0.4, 0.5) is 0 Å². The van der Waals surface area contributed by atoms with Crippen LogP contribution in [0.2, 0.25) is 0 Å². The second-order valence-electron chi connectivity index (χ2n) is 11.0. The quantitative estimate of drug-likeness (QED) is 0.337. The molecule has 1 amide bonds. The largest absolute Gasteiger partial charge is 0.481 e. The molecule has 0 aliphatic rings. The molecule has 3 rings (SSSR count). The molecule has 0 saturated heterocycles. The van der Waals surface area contributed by atoms with Gasteiger partial charge in [0, 0.05) is 18.3 Å². The van der Waals surface area contributed by atoms with Crippen molar-refractivity contribution in [3.05, 3.63) is 93.4 Å². The number of likely N-dealkylation sites (N-methyl/N-ethyl adjacent to an activating group) is 1. The van der Waals surface area contributed by atoms with Crippen molar-refractivity contribution in [1.29, 1.82) is 0 Å². The van der Waals surface area contributed by atoms with Crippen molar-refractivity contribution in [3.63, 3.8) is 0 Å². The molecular formula is C32H41N3O4. The van der Waals surface area contributed by atoms with E-state index in [9.17, 15) is 19.5 Å². The van der Waals surface area contributed by atoms with E-state index in [1.54, 1.807) is 18.3 Å². The van der Waals surface area contributed by atoms with Crippen LogP contribution in [0.25, 0.3) is 11.1 Å². The Morgan fingerprint density at radius 1 is 1.00 bits per heavy atom. The molecule has 7 nitrogen and oxygen atoms in total. The molecular weight excluding hydrogens is 490 g/mol. The maximum absolute atomic E-state index is 13.8. The van der Waals surface area contributed by atoms with Gasteiger partial charge in [0.2, 0.25) is 5.91 Å². The Morgan fingerprint density at radius 3 is 2.28 bits per heavy atom. The Hall–Kier alpha value is -3.71. The van der Waals surface area contributed by atoms with Gasteiger partial charge in [-0.15, -0.1) is 0 Å². The fraction of sp³-hybridized carbons (Fsp3) is 0.406. The van der Waals surface area contributed by atoms with Gasteiger partial charge in [-0.25, -0.2) is 0 Å². The first-order chi connectivity index (χ1) is 18.5. The van der Waals surface area contributed by atoms with Crippen LogP contribution < -0.4 is 10.9 Å². The molecule has 0 aliphatic carbocycles. The van der Waals surface area contributed by atoms with Gasteiger partial charge in [-0.3, -0.25) is 14.4 Å². The van der Waals surface area contributed by atoms with Gasteiger partial charge in [0.15, 0.2) is 0 Å². The van der Waals surface area contributed by atoms with E-state index in [0.717, 1.165) is 28.8 Å². The second kappa shape index (κ2) is 13.4. The van der Waals surface area contributed by atoms with Crippen LogP contribution >= 0.6 is 0 Å². The van der Waals surface area contributed by atoms with Gasteiger partial charge in [-0.2, -0.15) is 0 Å². The van der Waals surface area contributed by atoms with E-state index in [0.29, 0.717) is 24.0 Å². The van der Waals surface area contributed by atoms with Crippen LogP contribution in [0.15, 0.2) is 65.6 Å². The number of aromatic nitrogens is 1. The Bertz CT molecular complexity index is 1340. The Morgan fingerprint density at radius 2 is 1.67 bits per heavy atom. The smallest absolute Gasteiger partial charge is 0.305 e. The second-order valence-corrected chi connectivity index (χ2v) is 11.0. The first-order valence-corrected chi connectivity index (χ1v) is 13.5. The predicted molar refractivity (Wildman–Crippen MR) is 156 cm³/mol. The summed E-state index contributed by atoms with van der Waals surface area (Å²) in [7, 11) is 3.91. The molecule has 0 fully saturated rings. The van der Waals surface area contributed by atoms with Crippen LogP contribution in [0.5, 0.6) is 0 Å². The van der Waals surface area contributed by atoms with Gasteiger partial charge >= 0.3 is 5.97 Å². The summed E-state index contributed by atoms with van der Waals surface area (Å²) >= 11 is 0. The van der Waals surface area contributed by atoms with E-state index >= 15 is 0 Å². The minimum Gasteiger partial charge on any atom is -0.481 e. The number of nitrogens with zero attached hydrogens (tertiary/aromatic N) is 2. The molecule has 0 aliphatic heterocycles. The third-order valence-corrected chi connectivity index (χ3v) is 6.97. The Labute approximate surface area is 231 Å². The van der Waals surface area contributed by atoms with E-state index in [1.807, 2.05) is 89.2 Å². The van der Waals surface area contributed by atoms with Crippen molar-refractivity contribution < 1.29 is 14.7 Å². The summed E-state index contributed by atoms with van der Waals surface area (Å²) in [4.78, 5) is 41.0. The number of hydrogen-bond acceptors (Lipinski definition) is 4. The molecule has 1 heterocycles. The van der Waals surface area contributed by atoms with Gasteiger partial charge in [0.25, 0.3) is 5.56 Å². The number of nitrogens with one attached hydrogen (secondary N) is 1. The number of aliphatic carboxylic acids is 1. The third kappa shape index (κ3) is 7.90. The number of hydrogen-bond donors (Lipinski definition) is 2. The highest BCUT2D eigenvalue weighted by atomic mass is 16.4. The van der Waals surface area contributed by atoms with Gasteiger partial charge < -0.3 is 19.9 Å². The summed E-state index contributed by atoms with van der Waals surface area (Å²) in [5.74, 6) is -1.23. The lowest BCUT2D eigenvalue weighted by Gasteiger charge is -2.25. The fourth-order valence-electron chi connectivity index (χ4n) is 5.01. The van der Waals surface area contributed by atoms with Crippen LogP contribution in [0.1, 0.15) is 61.0 Å². The van der Waals surface area contributed by atoms with Crippen molar-refractivity contribution in [2.45, 2.75) is 59.0 Å². The van der Waals surface area contributed by atoms with Crippen molar-refractivity contribution in [2.24, 2.45) is 5.92 Å². The summed E-state index contributed by atoms with van der Waals surface area (Å²) in [6, 6.07) is 15.9. The number of pyridine rings is 1. The van der Waals surface area contributed by atoms with Gasteiger partial charge in [0.05, 0.1) is 12.5 Å². The van der Waals surface area contributed by atoms with E-state index in [-0.39, 0.29) is 23.8 Å².